The van der Waals surface area contributed by atoms with E-state index in [-0.39, 0.29) is 11.2 Å². The molecule has 1 nitrogen and oxygen atoms in total. The van der Waals surface area contributed by atoms with Crippen LogP contribution in [0.25, 0.3) is 0 Å². The second-order valence-corrected chi connectivity index (χ2v) is 2.95. The first-order chi connectivity index (χ1) is 5.07. The maximum absolute atomic E-state index is 11.0. The summed E-state index contributed by atoms with van der Waals surface area (Å²) in [4.78, 5) is 11.0. The van der Waals surface area contributed by atoms with Crippen LogP contribution in [-0.2, 0) is 4.79 Å². The number of hydrogen-bond donors (Lipinski definition) is 0. The van der Waals surface area contributed by atoms with Gasteiger partial charge in [-0.05, 0) is 25.5 Å². The lowest BCUT2D eigenvalue weighted by atomic mass is 9.84. The molecule has 0 fully saturated rings. The van der Waals surface area contributed by atoms with Crippen molar-refractivity contribution in [3.8, 4) is 12.3 Å². The van der Waals surface area contributed by atoms with E-state index in [0.717, 1.165) is 5.57 Å². The summed E-state index contributed by atoms with van der Waals surface area (Å²) in [5, 5.41) is 0. The Morgan fingerprint density at radius 2 is 2.27 bits per heavy atom. The molecule has 0 heterocycles. The average molecular weight is 146 g/mol. The molecule has 11 heavy (non-hydrogen) atoms. The van der Waals surface area contributed by atoms with Gasteiger partial charge >= 0.3 is 0 Å². The predicted octanol–water partition coefficient (Wildman–Crippen LogP) is 1.71. The number of allylic oxidation sites excluding steroid dienone is 4. The Morgan fingerprint density at radius 1 is 1.64 bits per heavy atom. The monoisotopic (exact) mass is 146 g/mol. The van der Waals surface area contributed by atoms with Crippen LogP contribution in [-0.4, -0.2) is 5.78 Å². The lowest BCUT2D eigenvalue weighted by Crippen LogP contribution is -2.14. The Bertz CT molecular complexity index is 288. The van der Waals surface area contributed by atoms with Gasteiger partial charge in [0.05, 0.1) is 5.41 Å². The molecule has 1 unspecified atom stereocenters. The number of carbonyl (C=O) groups excluding carboxylic acids is 1. The zero-order valence-electron chi connectivity index (χ0n) is 6.72. The van der Waals surface area contributed by atoms with Gasteiger partial charge in [0.2, 0.25) is 0 Å². The number of ketones is 1. The summed E-state index contributed by atoms with van der Waals surface area (Å²) in [7, 11) is 0. The molecule has 0 saturated heterocycles. The van der Waals surface area contributed by atoms with Crippen molar-refractivity contribution in [1.29, 1.82) is 0 Å². The first-order valence-electron chi connectivity index (χ1n) is 3.48. The zero-order valence-corrected chi connectivity index (χ0v) is 6.72. The maximum Gasteiger partial charge on any atom is 0.181 e. The van der Waals surface area contributed by atoms with Gasteiger partial charge in [-0.25, -0.2) is 0 Å². The quantitative estimate of drug-likeness (QED) is 0.475. The Morgan fingerprint density at radius 3 is 2.73 bits per heavy atom. The summed E-state index contributed by atoms with van der Waals surface area (Å²) in [6, 6.07) is 0. The number of terminal acetylenes is 1. The van der Waals surface area contributed by atoms with Crippen molar-refractivity contribution in [2.24, 2.45) is 5.41 Å². The van der Waals surface area contributed by atoms with E-state index in [9.17, 15) is 4.79 Å². The summed E-state index contributed by atoms with van der Waals surface area (Å²) in [6.07, 6.45) is 10.4. The third-order valence-electron chi connectivity index (χ3n) is 1.80. The minimum absolute atomic E-state index is 0.0534. The molecule has 0 N–H and O–H groups in total. The molecule has 0 aromatic rings. The summed E-state index contributed by atoms with van der Waals surface area (Å²) < 4.78 is 0. The van der Waals surface area contributed by atoms with Gasteiger partial charge in [0, 0.05) is 0 Å². The molecular formula is C10H10O. The van der Waals surface area contributed by atoms with E-state index in [0.29, 0.717) is 0 Å². The van der Waals surface area contributed by atoms with E-state index >= 15 is 0 Å². The molecule has 0 amide bonds. The van der Waals surface area contributed by atoms with Crippen LogP contribution < -0.4 is 0 Å². The van der Waals surface area contributed by atoms with Gasteiger partial charge in [-0.2, -0.15) is 0 Å². The lowest BCUT2D eigenvalue weighted by molar-refractivity contribution is -0.111. The Hall–Kier alpha value is -1.29. The molecule has 0 spiro atoms. The molecular weight excluding hydrogens is 136 g/mol. The lowest BCUT2D eigenvalue weighted by Gasteiger charge is -2.18. The third-order valence-corrected chi connectivity index (χ3v) is 1.80. The van der Waals surface area contributed by atoms with Crippen LogP contribution in [0.3, 0.4) is 0 Å². The predicted molar refractivity (Wildman–Crippen MR) is 44.8 cm³/mol. The van der Waals surface area contributed by atoms with Crippen molar-refractivity contribution in [3.05, 3.63) is 23.8 Å². The van der Waals surface area contributed by atoms with Crippen molar-refractivity contribution in [1.82, 2.24) is 0 Å². The van der Waals surface area contributed by atoms with Gasteiger partial charge in [0.15, 0.2) is 5.78 Å². The van der Waals surface area contributed by atoms with Crippen LogP contribution in [0.15, 0.2) is 23.8 Å². The molecule has 0 saturated carbocycles. The summed E-state index contributed by atoms with van der Waals surface area (Å²) in [5.41, 5.74) is 0.366. The maximum atomic E-state index is 11.0. The standard InChI is InChI=1S/C10H10O/c1-4-10(3)6-5-9(11)8(2)7-10/h1,5-7H,2-3H3. The van der Waals surface area contributed by atoms with E-state index in [4.69, 9.17) is 6.42 Å². The second kappa shape index (κ2) is 2.39. The Labute approximate surface area is 66.8 Å². The van der Waals surface area contributed by atoms with E-state index in [1.807, 2.05) is 13.0 Å². The van der Waals surface area contributed by atoms with Crippen molar-refractivity contribution in [3.63, 3.8) is 0 Å². The van der Waals surface area contributed by atoms with Gasteiger partial charge in [0.1, 0.15) is 0 Å². The van der Waals surface area contributed by atoms with Crippen molar-refractivity contribution in [2.45, 2.75) is 13.8 Å². The minimum atomic E-state index is -0.363. The van der Waals surface area contributed by atoms with Crippen molar-refractivity contribution in [2.75, 3.05) is 0 Å². The number of hydrogen-bond acceptors (Lipinski definition) is 1. The summed E-state index contributed by atoms with van der Waals surface area (Å²) in [5.74, 6) is 2.67. The summed E-state index contributed by atoms with van der Waals surface area (Å²) in [6.45, 7) is 3.68. The molecule has 1 rings (SSSR count). The van der Waals surface area contributed by atoms with Crippen molar-refractivity contribution < 1.29 is 4.79 Å². The smallest absolute Gasteiger partial charge is 0.181 e. The second-order valence-electron chi connectivity index (χ2n) is 2.95. The zero-order chi connectivity index (χ0) is 8.48. The number of carbonyl (C=O) groups is 1. The van der Waals surface area contributed by atoms with Crippen molar-refractivity contribution >= 4 is 5.78 Å². The molecule has 1 atom stereocenters. The van der Waals surface area contributed by atoms with Gasteiger partial charge in [-0.1, -0.05) is 18.1 Å². The fraction of sp³-hybridized carbons (Fsp3) is 0.300. The van der Waals surface area contributed by atoms with Crippen LogP contribution in [0.4, 0.5) is 0 Å². The van der Waals surface area contributed by atoms with Crippen LogP contribution in [0.5, 0.6) is 0 Å². The molecule has 0 aromatic carbocycles. The molecule has 1 heteroatoms. The molecule has 0 radical (unpaired) electrons. The van der Waals surface area contributed by atoms with E-state index < -0.39 is 0 Å². The largest absolute Gasteiger partial charge is 0.290 e. The average Bonchev–Trinajstić information content (AvgIpc) is 1.98. The third kappa shape index (κ3) is 1.40. The highest BCUT2D eigenvalue weighted by atomic mass is 16.1. The molecule has 1 aliphatic carbocycles. The molecule has 56 valence electrons. The molecule has 0 bridgehead atoms. The highest BCUT2D eigenvalue weighted by molar-refractivity contribution is 6.04. The SMILES string of the molecule is C#CC1(C)C=CC(=O)C(C)=C1. The summed E-state index contributed by atoms with van der Waals surface area (Å²) >= 11 is 0. The van der Waals surface area contributed by atoms with Gasteiger partial charge in [0.25, 0.3) is 0 Å². The van der Waals surface area contributed by atoms with E-state index in [2.05, 4.69) is 5.92 Å². The minimum Gasteiger partial charge on any atom is -0.290 e. The Balaban J connectivity index is 3.05. The highest BCUT2D eigenvalue weighted by Gasteiger charge is 2.20. The van der Waals surface area contributed by atoms with E-state index in [1.54, 1.807) is 13.0 Å². The number of rotatable bonds is 0. The van der Waals surface area contributed by atoms with E-state index in [1.165, 1.54) is 6.08 Å². The van der Waals surface area contributed by atoms with Crippen LogP contribution in [0.2, 0.25) is 0 Å². The van der Waals surface area contributed by atoms with Gasteiger partial charge in [-0.15, -0.1) is 6.42 Å². The topological polar surface area (TPSA) is 17.1 Å². The van der Waals surface area contributed by atoms with Gasteiger partial charge in [-0.3, -0.25) is 4.79 Å². The fourth-order valence-electron chi connectivity index (χ4n) is 1.04. The van der Waals surface area contributed by atoms with Gasteiger partial charge < -0.3 is 0 Å². The molecule has 0 aliphatic heterocycles. The first-order valence-corrected chi connectivity index (χ1v) is 3.48. The normalized spacial score (nSPS) is 29.5. The molecule has 0 aromatic heterocycles. The first kappa shape index (κ1) is 7.81. The Kier molecular flexibility index (Phi) is 1.70. The highest BCUT2D eigenvalue weighted by Crippen LogP contribution is 2.25. The van der Waals surface area contributed by atoms with Crippen LogP contribution >= 0.6 is 0 Å². The van der Waals surface area contributed by atoms with Crippen LogP contribution in [0.1, 0.15) is 13.8 Å². The van der Waals surface area contributed by atoms with Crippen LogP contribution in [0, 0.1) is 17.8 Å². The molecule has 1 aliphatic rings. The fourth-order valence-corrected chi connectivity index (χ4v) is 1.04.